The normalized spacial score (nSPS) is 25.0. The zero-order chi connectivity index (χ0) is 16.2. The van der Waals surface area contributed by atoms with Gasteiger partial charge in [-0.15, -0.1) is 0 Å². The van der Waals surface area contributed by atoms with E-state index in [2.05, 4.69) is 6.07 Å². The molecule has 0 radical (unpaired) electrons. The number of carbonyl (C=O) groups is 1. The highest BCUT2D eigenvalue weighted by atomic mass is 16.5. The lowest BCUT2D eigenvalue weighted by molar-refractivity contribution is -0.153. The molecule has 1 aliphatic rings. The van der Waals surface area contributed by atoms with Crippen LogP contribution in [-0.2, 0) is 19.7 Å². The summed E-state index contributed by atoms with van der Waals surface area (Å²) in [6.07, 6.45) is 1.25. The van der Waals surface area contributed by atoms with Crippen molar-refractivity contribution >= 4 is 5.97 Å². The van der Waals surface area contributed by atoms with E-state index < -0.39 is 17.3 Å². The fraction of sp³-hybridized carbons (Fsp3) is 0.556. The lowest BCUT2D eigenvalue weighted by Gasteiger charge is -2.46. The van der Waals surface area contributed by atoms with Gasteiger partial charge in [-0.3, -0.25) is 4.79 Å². The molecular formula is C18H23NO3. The highest BCUT2D eigenvalue weighted by Crippen LogP contribution is 2.47. The van der Waals surface area contributed by atoms with Crippen molar-refractivity contribution in [2.75, 3.05) is 13.2 Å². The first-order chi connectivity index (χ1) is 10.4. The third kappa shape index (κ3) is 3.15. The SMILES string of the molecule is CCOC(=O)[C@H](C#N)[C@@]1(c2ccccc2)CCOC(C)(C)C1. The maximum absolute atomic E-state index is 12.4. The van der Waals surface area contributed by atoms with E-state index in [9.17, 15) is 10.1 Å². The molecule has 4 nitrogen and oxygen atoms in total. The van der Waals surface area contributed by atoms with Crippen molar-refractivity contribution in [3.63, 3.8) is 0 Å². The first-order valence-electron chi connectivity index (χ1n) is 7.71. The number of hydrogen-bond donors (Lipinski definition) is 0. The summed E-state index contributed by atoms with van der Waals surface area (Å²) < 4.78 is 11.0. The minimum absolute atomic E-state index is 0.280. The maximum Gasteiger partial charge on any atom is 0.324 e. The van der Waals surface area contributed by atoms with Crippen LogP contribution in [-0.4, -0.2) is 24.8 Å². The first kappa shape index (κ1) is 16.5. The van der Waals surface area contributed by atoms with Crippen LogP contribution >= 0.6 is 0 Å². The van der Waals surface area contributed by atoms with Gasteiger partial charge in [-0.05, 0) is 39.2 Å². The highest BCUT2D eigenvalue weighted by Gasteiger charge is 2.51. The third-order valence-electron chi connectivity index (χ3n) is 4.33. The van der Waals surface area contributed by atoms with Crippen molar-refractivity contribution in [2.24, 2.45) is 5.92 Å². The second-order valence-electron chi connectivity index (χ2n) is 6.37. The van der Waals surface area contributed by atoms with E-state index >= 15 is 0 Å². The molecule has 1 aliphatic heterocycles. The number of carbonyl (C=O) groups excluding carboxylic acids is 1. The molecule has 0 spiro atoms. The van der Waals surface area contributed by atoms with E-state index in [1.165, 1.54) is 0 Å². The van der Waals surface area contributed by atoms with Gasteiger partial charge in [0.15, 0.2) is 5.92 Å². The van der Waals surface area contributed by atoms with Crippen molar-refractivity contribution in [1.29, 1.82) is 5.26 Å². The zero-order valence-corrected chi connectivity index (χ0v) is 13.5. The van der Waals surface area contributed by atoms with Crippen LogP contribution in [0.3, 0.4) is 0 Å². The van der Waals surface area contributed by atoms with Gasteiger partial charge >= 0.3 is 5.97 Å². The van der Waals surface area contributed by atoms with Gasteiger partial charge in [-0.1, -0.05) is 30.3 Å². The molecule has 1 aromatic rings. The van der Waals surface area contributed by atoms with Gasteiger partial charge in [-0.2, -0.15) is 5.26 Å². The number of hydrogen-bond acceptors (Lipinski definition) is 4. The molecule has 0 unspecified atom stereocenters. The quantitative estimate of drug-likeness (QED) is 0.801. The molecule has 0 N–H and O–H groups in total. The van der Waals surface area contributed by atoms with Crippen molar-refractivity contribution in [2.45, 2.75) is 44.6 Å². The Bertz CT molecular complexity index is 561. The molecule has 0 bridgehead atoms. The van der Waals surface area contributed by atoms with Crippen molar-refractivity contribution in [3.05, 3.63) is 35.9 Å². The Morgan fingerprint density at radius 2 is 2.09 bits per heavy atom. The molecule has 0 saturated carbocycles. The van der Waals surface area contributed by atoms with Crippen LogP contribution in [0.15, 0.2) is 30.3 Å². The van der Waals surface area contributed by atoms with Gasteiger partial charge in [0.1, 0.15) is 0 Å². The summed E-state index contributed by atoms with van der Waals surface area (Å²) in [7, 11) is 0. The average molecular weight is 301 g/mol. The molecular weight excluding hydrogens is 278 g/mol. The number of rotatable bonds is 4. The number of esters is 1. The van der Waals surface area contributed by atoms with Crippen LogP contribution in [0.2, 0.25) is 0 Å². The molecule has 118 valence electrons. The number of benzene rings is 1. The molecule has 1 fully saturated rings. The average Bonchev–Trinajstić information content (AvgIpc) is 2.48. The van der Waals surface area contributed by atoms with Crippen LogP contribution in [0.25, 0.3) is 0 Å². The monoisotopic (exact) mass is 301 g/mol. The Kier molecular flexibility index (Phi) is 4.87. The predicted molar refractivity (Wildman–Crippen MR) is 83.1 cm³/mol. The first-order valence-corrected chi connectivity index (χ1v) is 7.71. The number of ether oxygens (including phenoxy) is 2. The van der Waals surface area contributed by atoms with E-state index in [1.807, 2.05) is 44.2 Å². The van der Waals surface area contributed by atoms with Crippen LogP contribution < -0.4 is 0 Å². The molecule has 2 rings (SSSR count). The Labute approximate surface area is 132 Å². The summed E-state index contributed by atoms with van der Waals surface area (Å²) in [6.45, 7) is 6.57. The lowest BCUT2D eigenvalue weighted by atomic mass is 9.62. The summed E-state index contributed by atoms with van der Waals surface area (Å²) in [4.78, 5) is 12.4. The van der Waals surface area contributed by atoms with Gasteiger partial charge in [0.2, 0.25) is 0 Å². The minimum Gasteiger partial charge on any atom is -0.465 e. The van der Waals surface area contributed by atoms with Crippen LogP contribution in [0.5, 0.6) is 0 Å². The van der Waals surface area contributed by atoms with E-state index in [4.69, 9.17) is 9.47 Å². The van der Waals surface area contributed by atoms with Crippen LogP contribution in [0, 0.1) is 17.2 Å². The summed E-state index contributed by atoms with van der Waals surface area (Å²) in [6, 6.07) is 12.0. The van der Waals surface area contributed by atoms with Gasteiger partial charge in [0.25, 0.3) is 0 Å². The Hall–Kier alpha value is -1.86. The summed E-state index contributed by atoms with van der Waals surface area (Å²) >= 11 is 0. The van der Waals surface area contributed by atoms with E-state index in [-0.39, 0.29) is 12.2 Å². The standard InChI is InChI=1S/C18H23NO3/c1-4-21-16(20)15(12-19)18(14-8-6-5-7-9-14)10-11-22-17(2,3)13-18/h5-9,15H,4,10-11,13H2,1-3H3/t15-,18-/m0/s1. The molecule has 1 saturated heterocycles. The van der Waals surface area contributed by atoms with Gasteiger partial charge < -0.3 is 9.47 Å². The minimum atomic E-state index is -0.821. The molecule has 0 aliphatic carbocycles. The lowest BCUT2D eigenvalue weighted by Crippen LogP contribution is -2.50. The smallest absolute Gasteiger partial charge is 0.324 e. The second kappa shape index (κ2) is 6.50. The molecule has 1 heterocycles. The molecule has 1 aromatic carbocycles. The van der Waals surface area contributed by atoms with Gasteiger partial charge in [0, 0.05) is 12.0 Å². The van der Waals surface area contributed by atoms with Crippen molar-refractivity contribution in [3.8, 4) is 6.07 Å². The summed E-state index contributed by atoms with van der Waals surface area (Å²) in [5, 5.41) is 9.68. The fourth-order valence-electron chi connectivity index (χ4n) is 3.47. The zero-order valence-electron chi connectivity index (χ0n) is 13.5. The van der Waals surface area contributed by atoms with Crippen LogP contribution in [0.1, 0.15) is 39.2 Å². The highest BCUT2D eigenvalue weighted by molar-refractivity contribution is 5.77. The van der Waals surface area contributed by atoms with Crippen molar-refractivity contribution in [1.82, 2.24) is 0 Å². The van der Waals surface area contributed by atoms with E-state index in [1.54, 1.807) is 6.92 Å². The summed E-state index contributed by atoms with van der Waals surface area (Å²) in [5.74, 6) is -1.26. The molecule has 4 heteroatoms. The molecule has 22 heavy (non-hydrogen) atoms. The largest absolute Gasteiger partial charge is 0.465 e. The van der Waals surface area contributed by atoms with Gasteiger partial charge in [-0.25, -0.2) is 0 Å². The molecule has 0 amide bonds. The number of nitriles is 1. The van der Waals surface area contributed by atoms with Gasteiger partial charge in [0.05, 0.1) is 18.3 Å². The maximum atomic E-state index is 12.4. The predicted octanol–water partition coefficient (Wildman–Crippen LogP) is 3.22. The van der Waals surface area contributed by atoms with Crippen molar-refractivity contribution < 1.29 is 14.3 Å². The van der Waals surface area contributed by atoms with E-state index in [0.717, 1.165) is 5.56 Å². The second-order valence-corrected chi connectivity index (χ2v) is 6.37. The van der Waals surface area contributed by atoms with E-state index in [0.29, 0.717) is 19.4 Å². The van der Waals surface area contributed by atoms with Crippen LogP contribution in [0.4, 0.5) is 0 Å². The topological polar surface area (TPSA) is 59.3 Å². The Morgan fingerprint density at radius 1 is 1.41 bits per heavy atom. The third-order valence-corrected chi connectivity index (χ3v) is 4.33. The Balaban J connectivity index is 2.50. The summed E-state index contributed by atoms with van der Waals surface area (Å²) in [5.41, 5.74) is 0.0608. The molecule has 0 aromatic heterocycles. The number of nitrogens with zero attached hydrogens (tertiary/aromatic N) is 1. The molecule has 2 atom stereocenters. The Morgan fingerprint density at radius 3 is 2.64 bits per heavy atom. The fourth-order valence-corrected chi connectivity index (χ4v) is 3.47.